The van der Waals surface area contributed by atoms with Crippen LogP contribution in [-0.4, -0.2) is 28.0 Å². The van der Waals surface area contributed by atoms with Crippen LogP contribution >= 0.6 is 62.7 Å². The van der Waals surface area contributed by atoms with E-state index in [1.54, 1.807) is 16.8 Å². The third-order valence-electron chi connectivity index (χ3n) is 5.06. The van der Waals surface area contributed by atoms with E-state index >= 15 is 0 Å². The number of benzene rings is 2. The number of carbonyl (C=O) groups is 1. The van der Waals surface area contributed by atoms with Gasteiger partial charge in [0.15, 0.2) is 10.9 Å². The van der Waals surface area contributed by atoms with Crippen LogP contribution in [0.4, 0.5) is 10.8 Å². The Labute approximate surface area is 230 Å². The van der Waals surface area contributed by atoms with E-state index in [4.69, 9.17) is 40.2 Å². The lowest BCUT2D eigenvalue weighted by Gasteiger charge is -2.10. The molecule has 2 aromatic carbocycles. The molecular weight excluding hydrogens is 591 g/mol. The average Bonchev–Trinajstić information content (AvgIpc) is 3.33. The van der Waals surface area contributed by atoms with E-state index in [1.165, 1.54) is 18.4 Å². The van der Waals surface area contributed by atoms with E-state index in [2.05, 4.69) is 31.7 Å². The van der Waals surface area contributed by atoms with Gasteiger partial charge >= 0.3 is 5.97 Å². The molecule has 11 heteroatoms. The summed E-state index contributed by atoms with van der Waals surface area (Å²) in [5, 5.41) is 12.8. The first-order valence-corrected chi connectivity index (χ1v) is 13.1. The molecule has 4 aromatic rings. The van der Waals surface area contributed by atoms with Gasteiger partial charge in [0.05, 0.1) is 18.1 Å². The topological polar surface area (TPSA) is 68.2 Å². The van der Waals surface area contributed by atoms with Crippen molar-refractivity contribution >= 4 is 84.6 Å². The second-order valence-corrected chi connectivity index (χ2v) is 10.8. The van der Waals surface area contributed by atoms with Crippen molar-refractivity contribution in [1.29, 1.82) is 0 Å². The van der Waals surface area contributed by atoms with Crippen LogP contribution in [0.3, 0.4) is 0 Å². The standard InChI is InChI=1S/C24H19BrCl2N4O2S2/c1-13-19(14-6-4-3-5-7-14)20(23(32)33-2)22(35-13)29-24(34)28-21-17(25)12-31(30-21)11-15-8-9-16(26)10-18(15)27/h3-10,12H,11H2,1-2H3,(H2,28,29,30,34). The Hall–Kier alpha value is -2.43. The molecule has 0 atom stereocenters. The predicted molar refractivity (Wildman–Crippen MR) is 151 cm³/mol. The number of esters is 1. The molecule has 0 fully saturated rings. The lowest BCUT2D eigenvalue weighted by Crippen LogP contribution is -2.20. The molecule has 0 unspecified atom stereocenters. The third-order valence-corrected chi connectivity index (χ3v) is 7.45. The Morgan fingerprint density at radius 2 is 1.94 bits per heavy atom. The van der Waals surface area contributed by atoms with Crippen molar-refractivity contribution in [3.63, 3.8) is 0 Å². The number of carbonyl (C=O) groups excluding carboxylic acids is 1. The van der Waals surface area contributed by atoms with Crippen LogP contribution in [0.1, 0.15) is 20.8 Å². The highest BCUT2D eigenvalue weighted by Crippen LogP contribution is 2.40. The fourth-order valence-corrected chi connectivity index (χ4v) is 5.73. The maximum absolute atomic E-state index is 12.7. The Balaban J connectivity index is 1.55. The zero-order valence-corrected chi connectivity index (χ0v) is 23.3. The molecule has 0 saturated carbocycles. The van der Waals surface area contributed by atoms with Gasteiger partial charge in [0.25, 0.3) is 0 Å². The second-order valence-electron chi connectivity index (χ2n) is 7.43. The molecule has 2 heterocycles. The van der Waals surface area contributed by atoms with Gasteiger partial charge in [0, 0.05) is 26.7 Å². The lowest BCUT2D eigenvalue weighted by atomic mass is 10.0. The summed E-state index contributed by atoms with van der Waals surface area (Å²) in [5.74, 6) is 0.0765. The third kappa shape index (κ3) is 5.87. The number of hydrogen-bond acceptors (Lipinski definition) is 5. The van der Waals surface area contributed by atoms with Gasteiger partial charge in [-0.1, -0.05) is 59.6 Å². The number of ether oxygens (including phenoxy) is 1. The summed E-state index contributed by atoms with van der Waals surface area (Å²) >= 11 is 22.7. The molecule has 0 aliphatic rings. The molecular formula is C24H19BrCl2N4O2S2. The Bertz CT molecular complexity index is 1410. The Morgan fingerprint density at radius 3 is 2.63 bits per heavy atom. The SMILES string of the molecule is COC(=O)c1c(NC(=S)Nc2nn(Cc3ccc(Cl)cc3Cl)cc2Br)sc(C)c1-c1ccccc1. The summed E-state index contributed by atoms with van der Waals surface area (Å²) in [7, 11) is 1.36. The molecule has 0 aliphatic heterocycles. The van der Waals surface area contributed by atoms with Crippen LogP contribution in [0.2, 0.25) is 10.0 Å². The number of anilines is 2. The fraction of sp³-hybridized carbons (Fsp3) is 0.125. The van der Waals surface area contributed by atoms with Crippen molar-refractivity contribution in [3.8, 4) is 11.1 Å². The van der Waals surface area contributed by atoms with E-state index in [9.17, 15) is 4.79 Å². The first kappa shape index (κ1) is 25.7. The van der Waals surface area contributed by atoms with Crippen LogP contribution < -0.4 is 10.6 Å². The van der Waals surface area contributed by atoms with E-state index < -0.39 is 5.97 Å². The van der Waals surface area contributed by atoms with Crippen molar-refractivity contribution in [2.45, 2.75) is 13.5 Å². The molecule has 6 nitrogen and oxygen atoms in total. The summed E-state index contributed by atoms with van der Waals surface area (Å²) in [6, 6.07) is 15.0. The minimum atomic E-state index is -0.441. The van der Waals surface area contributed by atoms with Gasteiger partial charge in [-0.25, -0.2) is 4.79 Å². The normalized spacial score (nSPS) is 10.8. The Kier molecular flexibility index (Phi) is 8.13. The number of halogens is 3. The van der Waals surface area contributed by atoms with Crippen LogP contribution in [0, 0.1) is 6.92 Å². The molecule has 0 amide bonds. The quantitative estimate of drug-likeness (QED) is 0.173. The summed E-state index contributed by atoms with van der Waals surface area (Å²) in [5.41, 5.74) is 3.06. The number of methoxy groups -OCH3 is 1. The largest absolute Gasteiger partial charge is 0.465 e. The van der Waals surface area contributed by atoms with Crippen molar-refractivity contribution in [2.75, 3.05) is 17.7 Å². The molecule has 180 valence electrons. The van der Waals surface area contributed by atoms with Crippen LogP contribution in [-0.2, 0) is 11.3 Å². The number of rotatable bonds is 6. The number of aromatic nitrogens is 2. The lowest BCUT2D eigenvalue weighted by molar-refractivity contribution is 0.0603. The van der Waals surface area contributed by atoms with Crippen molar-refractivity contribution in [3.05, 3.63) is 85.2 Å². The molecule has 2 N–H and O–H groups in total. The minimum Gasteiger partial charge on any atom is -0.465 e. The molecule has 35 heavy (non-hydrogen) atoms. The highest BCUT2D eigenvalue weighted by Gasteiger charge is 2.24. The molecule has 0 bridgehead atoms. The molecule has 0 saturated heterocycles. The number of hydrogen-bond donors (Lipinski definition) is 2. The average molecular weight is 610 g/mol. The van der Waals surface area contributed by atoms with Crippen LogP contribution in [0.5, 0.6) is 0 Å². The molecule has 0 aliphatic carbocycles. The molecule has 2 aromatic heterocycles. The summed E-state index contributed by atoms with van der Waals surface area (Å²) in [6.45, 7) is 2.41. The van der Waals surface area contributed by atoms with Gasteiger partial charge in [-0.2, -0.15) is 5.10 Å². The smallest absolute Gasteiger partial charge is 0.341 e. The first-order valence-electron chi connectivity index (χ1n) is 10.3. The van der Waals surface area contributed by atoms with Gasteiger partial charge < -0.3 is 15.4 Å². The van der Waals surface area contributed by atoms with E-state index in [0.29, 0.717) is 37.4 Å². The number of nitrogens with zero attached hydrogens (tertiary/aromatic N) is 2. The van der Waals surface area contributed by atoms with Gasteiger partial charge in [0.1, 0.15) is 10.6 Å². The van der Waals surface area contributed by atoms with Gasteiger partial charge in [-0.3, -0.25) is 4.68 Å². The highest BCUT2D eigenvalue weighted by molar-refractivity contribution is 9.10. The van der Waals surface area contributed by atoms with E-state index in [-0.39, 0.29) is 5.11 Å². The van der Waals surface area contributed by atoms with Crippen molar-refractivity contribution in [1.82, 2.24) is 9.78 Å². The minimum absolute atomic E-state index is 0.284. The maximum Gasteiger partial charge on any atom is 0.341 e. The van der Waals surface area contributed by atoms with Crippen molar-refractivity contribution in [2.24, 2.45) is 0 Å². The first-order chi connectivity index (χ1) is 16.8. The van der Waals surface area contributed by atoms with Crippen LogP contribution in [0.25, 0.3) is 11.1 Å². The maximum atomic E-state index is 12.7. The number of thiophene rings is 1. The second kappa shape index (κ2) is 11.1. The van der Waals surface area contributed by atoms with Crippen LogP contribution in [0.15, 0.2) is 59.2 Å². The van der Waals surface area contributed by atoms with Gasteiger partial charge in [-0.05, 0) is 58.3 Å². The zero-order chi connectivity index (χ0) is 25.1. The summed E-state index contributed by atoms with van der Waals surface area (Å²) < 4.78 is 7.51. The van der Waals surface area contributed by atoms with Gasteiger partial charge in [-0.15, -0.1) is 11.3 Å². The highest BCUT2D eigenvalue weighted by atomic mass is 79.9. The number of thiocarbonyl (C=S) groups is 1. The van der Waals surface area contributed by atoms with Gasteiger partial charge in [0.2, 0.25) is 0 Å². The number of aryl methyl sites for hydroxylation is 1. The molecule has 0 radical (unpaired) electrons. The predicted octanol–water partition coefficient (Wildman–Crippen LogP) is 7.63. The Morgan fingerprint density at radius 1 is 1.20 bits per heavy atom. The fourth-order valence-electron chi connectivity index (χ4n) is 3.51. The monoisotopic (exact) mass is 608 g/mol. The number of nitrogens with one attached hydrogen (secondary N) is 2. The summed E-state index contributed by atoms with van der Waals surface area (Å²) in [6.07, 6.45) is 1.82. The van der Waals surface area contributed by atoms with Crippen molar-refractivity contribution < 1.29 is 9.53 Å². The summed E-state index contributed by atoms with van der Waals surface area (Å²) in [4.78, 5) is 13.7. The van der Waals surface area contributed by atoms with E-state index in [1.807, 2.05) is 49.5 Å². The zero-order valence-electron chi connectivity index (χ0n) is 18.6. The molecule has 0 spiro atoms. The molecule has 4 rings (SSSR count). The van der Waals surface area contributed by atoms with E-state index in [0.717, 1.165) is 21.6 Å².